The summed E-state index contributed by atoms with van der Waals surface area (Å²) >= 11 is 39.0. The quantitative estimate of drug-likeness (QED) is 0.110. The third-order valence-corrected chi connectivity index (χ3v) is 21.1. The van der Waals surface area contributed by atoms with Crippen molar-refractivity contribution in [3.05, 3.63) is 210 Å². The summed E-state index contributed by atoms with van der Waals surface area (Å²) in [6, 6.07) is 28.5. The zero-order valence-corrected chi connectivity index (χ0v) is 64.5. The topological polar surface area (TPSA) is 280 Å². The minimum Gasteiger partial charge on any atom is -0.871 e. The molecule has 29 heteroatoms. The van der Waals surface area contributed by atoms with Gasteiger partial charge in [-0.2, -0.15) is 0 Å². The molecule has 12 rings (SSSR count). The van der Waals surface area contributed by atoms with Crippen molar-refractivity contribution in [1.82, 2.24) is 0 Å². The van der Waals surface area contributed by atoms with Crippen LogP contribution in [0.25, 0.3) is 100 Å². The molecule has 15 nitrogen and oxygen atoms in total. The van der Waals surface area contributed by atoms with E-state index in [1.165, 1.54) is 18.2 Å². The largest absolute Gasteiger partial charge is 3.00 e. The minimum atomic E-state index is -1.35. The van der Waals surface area contributed by atoms with E-state index in [1.807, 2.05) is 0 Å². The number of carboxylic acid groups (broad SMARTS) is 3. The standard InChI is InChI=1S/3C20H8Br4O5.2Al/c3*21-11-5-9-13(7-3-1-2-4-8(7)20(27)28)10-6-12(22)17(26)15(24)19(10)29-18(9)14(23)16(11)25;;/h3*1-6,25H,(H,27,28);;/q;;;2*+3/p-6. The zero-order valence-electron chi connectivity index (χ0n) is 43.2. The van der Waals surface area contributed by atoms with Gasteiger partial charge in [0.05, 0.1) is 44.7 Å². The van der Waals surface area contributed by atoms with E-state index in [0.29, 0.717) is 66.2 Å². The first-order chi connectivity index (χ1) is 41.2. The van der Waals surface area contributed by atoms with Gasteiger partial charge in [0.2, 0.25) is 16.3 Å². The Morgan fingerprint density at radius 3 is 0.764 bits per heavy atom. The first-order valence-electron chi connectivity index (χ1n) is 23.9. The second-order valence-electron chi connectivity index (χ2n) is 18.2. The van der Waals surface area contributed by atoms with Crippen LogP contribution in [0.15, 0.2) is 191 Å². The van der Waals surface area contributed by atoms with Gasteiger partial charge in [-0.15, -0.1) is 0 Å². The molecule has 3 heterocycles. The zero-order chi connectivity index (χ0) is 63.1. The summed E-state index contributed by atoms with van der Waals surface area (Å²) in [6.45, 7) is 0. The molecule has 0 fully saturated rings. The number of aromatic carboxylic acids is 3. The van der Waals surface area contributed by atoms with E-state index in [0.717, 1.165) is 0 Å². The van der Waals surface area contributed by atoms with Gasteiger partial charge in [-0.05, 0) is 196 Å². The van der Waals surface area contributed by atoms with Gasteiger partial charge in [0.15, 0.2) is 17.3 Å². The molecule has 0 bridgehead atoms. The normalized spacial score (nSPS) is 11.1. The molecule has 6 aromatic rings. The second-order valence-corrected chi connectivity index (χ2v) is 28.1. The van der Waals surface area contributed by atoms with Crippen LogP contribution in [0.4, 0.5) is 0 Å². The van der Waals surface area contributed by atoms with Crippen LogP contribution in [0.1, 0.15) is 31.1 Å². The molecule has 0 saturated carbocycles. The summed E-state index contributed by atoms with van der Waals surface area (Å²) in [6.07, 6.45) is 0. The summed E-state index contributed by atoms with van der Waals surface area (Å²) in [5.74, 6) is -4.48. The first-order valence-corrected chi connectivity index (χ1v) is 33.4. The van der Waals surface area contributed by atoms with Crippen LogP contribution in [-0.2, 0) is 0 Å². The van der Waals surface area contributed by atoms with Crippen molar-refractivity contribution in [2.24, 2.45) is 0 Å². The number of hydrogen-bond donors (Lipinski definition) is 0. The third kappa shape index (κ3) is 12.9. The summed E-state index contributed by atoms with van der Waals surface area (Å²) < 4.78 is 20.4. The Kier molecular flexibility index (Phi) is 22.6. The Labute approximate surface area is 621 Å². The number of carboxylic acids is 3. The SMILES string of the molecule is O=C([O-])c1ccccc1-c1c2cc(Br)c(=O)c(Br)c-2oc2c(Br)c([O-])c(Br)cc12.O=C([O-])c1ccccc1-c1c2cc(Br)c(=O)c(Br)c-2oc2c(Br)c([O-])c(Br)cc12.O=C([O-])c1ccccc1-c1c2cc(Br)c(=O)c(Br)c-2oc2c(Br)c([O-])c(Br)cc12.[Al+3].[Al+3]. The van der Waals surface area contributed by atoms with E-state index in [-0.39, 0.29) is 173 Å². The van der Waals surface area contributed by atoms with Crippen molar-refractivity contribution >= 4 is 277 Å². The van der Waals surface area contributed by atoms with E-state index in [2.05, 4.69) is 191 Å². The Balaban J connectivity index is 0.000000171. The number of benzene rings is 9. The van der Waals surface area contributed by atoms with E-state index < -0.39 is 17.9 Å². The number of carbonyl (C=O) groups is 3. The Morgan fingerprint density at radius 2 is 0.539 bits per heavy atom. The van der Waals surface area contributed by atoms with Crippen molar-refractivity contribution in [3.8, 4) is 84.6 Å². The van der Waals surface area contributed by atoms with Crippen molar-refractivity contribution in [2.45, 2.75) is 0 Å². The average Bonchev–Trinajstić information content (AvgIpc) is 1.02. The van der Waals surface area contributed by atoms with Crippen molar-refractivity contribution in [2.75, 3.05) is 0 Å². The fourth-order valence-corrected chi connectivity index (χ4v) is 16.7. The monoisotopic (exact) mass is 1980 g/mol. The van der Waals surface area contributed by atoms with Crippen LogP contribution in [0.2, 0.25) is 0 Å². The summed E-state index contributed by atoms with van der Waals surface area (Å²) in [4.78, 5) is 72.5. The molecule has 438 valence electrons. The summed E-state index contributed by atoms with van der Waals surface area (Å²) in [7, 11) is 0. The predicted octanol–water partition coefficient (Wildman–Crippen LogP) is 14.4. The van der Waals surface area contributed by atoms with Crippen LogP contribution in [0, 0.1) is 0 Å². The number of carbonyl (C=O) groups excluding carboxylic acids is 3. The minimum absolute atomic E-state index is 0. The van der Waals surface area contributed by atoms with E-state index in [4.69, 9.17) is 13.3 Å². The maximum absolute atomic E-state index is 12.4. The van der Waals surface area contributed by atoms with E-state index in [1.54, 1.807) is 91.0 Å². The molecular weight excluding hydrogens is 1970 g/mol. The Bertz CT molecular complexity index is 4590. The fraction of sp³-hybridized carbons (Fsp3) is 0. The molecule has 0 saturated heterocycles. The van der Waals surface area contributed by atoms with Crippen LogP contribution in [-0.4, -0.2) is 52.6 Å². The van der Waals surface area contributed by atoms with Gasteiger partial charge in [0.1, 0.15) is 30.2 Å². The molecule has 3 aliphatic carbocycles. The number of fused-ring (bicyclic) bond motifs is 6. The summed E-state index contributed by atoms with van der Waals surface area (Å²) in [5, 5.41) is 74.0. The second kappa shape index (κ2) is 28.3. The third-order valence-electron chi connectivity index (χ3n) is 13.3. The molecule has 0 aromatic heterocycles. The molecule has 0 radical (unpaired) electrons. The number of hydrogen-bond acceptors (Lipinski definition) is 15. The molecule has 0 unspecified atom stereocenters. The first kappa shape index (κ1) is 70.9. The smallest absolute Gasteiger partial charge is 0.871 e. The van der Waals surface area contributed by atoms with Gasteiger partial charge in [0.25, 0.3) is 0 Å². The van der Waals surface area contributed by atoms with Crippen LogP contribution in [0.3, 0.4) is 0 Å². The molecule has 0 amide bonds. The number of halogens is 12. The molecule has 0 N–H and O–H groups in total. The molecule has 6 aliphatic rings. The fourth-order valence-electron chi connectivity index (χ4n) is 9.47. The van der Waals surface area contributed by atoms with Crippen molar-refractivity contribution in [1.29, 1.82) is 0 Å². The Morgan fingerprint density at radius 1 is 0.315 bits per heavy atom. The van der Waals surface area contributed by atoms with Crippen molar-refractivity contribution in [3.63, 3.8) is 0 Å². The van der Waals surface area contributed by atoms with Crippen LogP contribution in [0.5, 0.6) is 17.2 Å². The van der Waals surface area contributed by atoms with Gasteiger partial charge in [-0.1, -0.05) is 138 Å². The molecule has 0 atom stereocenters. The number of rotatable bonds is 6. The average molecular weight is 1990 g/mol. The van der Waals surface area contributed by atoms with Gasteiger partial charge in [0, 0.05) is 79.6 Å². The van der Waals surface area contributed by atoms with Gasteiger partial charge in [-0.3, -0.25) is 14.4 Å². The maximum Gasteiger partial charge on any atom is 3.00 e. The van der Waals surface area contributed by atoms with E-state index >= 15 is 0 Å². The van der Waals surface area contributed by atoms with Crippen molar-refractivity contribution < 1.29 is 58.3 Å². The van der Waals surface area contributed by atoms with Gasteiger partial charge >= 0.3 is 34.7 Å². The van der Waals surface area contributed by atoms with Crippen LogP contribution >= 0.6 is 191 Å². The molecule has 0 spiro atoms. The molecular formula is C60H18Al2Br12O15. The van der Waals surface area contributed by atoms with Crippen LogP contribution < -0.4 is 46.9 Å². The van der Waals surface area contributed by atoms with Gasteiger partial charge in [-0.25, -0.2) is 0 Å². The predicted molar refractivity (Wildman–Crippen MR) is 369 cm³/mol. The molecule has 6 aromatic carbocycles. The van der Waals surface area contributed by atoms with Gasteiger partial charge < -0.3 is 58.3 Å². The maximum atomic E-state index is 12.4. The summed E-state index contributed by atoms with van der Waals surface area (Å²) in [5.41, 5.74) is 3.51. The molecule has 89 heavy (non-hydrogen) atoms. The molecule has 3 aliphatic heterocycles. The Hall–Kier alpha value is -3.98. The van der Waals surface area contributed by atoms with E-state index in [9.17, 15) is 59.4 Å².